The van der Waals surface area contributed by atoms with Crippen LogP contribution in [0.5, 0.6) is 0 Å². The number of rotatable bonds is 23. The number of carbonyl (C=O) groups excluding carboxylic acids is 11. The summed E-state index contributed by atoms with van der Waals surface area (Å²) in [4.78, 5) is 144. The SMILES string of the molecule is O=C(CCCCC1SCC2NC(=O)NC21)NCCSSCCC(=O)NC(C(=O)NCC(=O)ON1C(=O)CC(S(=O)(=O)[O-])C1=O)C(=O)NCC(=O)ON1C(=O)CC(S(=O)(=O)[O-])C1=O.[Na+].[Na+]. The van der Waals surface area contributed by atoms with Gasteiger partial charge in [-0.2, -0.15) is 11.8 Å². The van der Waals surface area contributed by atoms with Crippen LogP contribution < -0.4 is 91.0 Å². The van der Waals surface area contributed by atoms with Gasteiger partial charge in [-0.1, -0.05) is 28.0 Å². The molecule has 4 saturated heterocycles. The van der Waals surface area contributed by atoms with E-state index in [1.807, 2.05) is 16.0 Å². The number of amides is 10. The first-order chi connectivity index (χ1) is 29.1. The van der Waals surface area contributed by atoms with Crippen LogP contribution in [0.2, 0.25) is 0 Å². The van der Waals surface area contributed by atoms with Gasteiger partial charge in [-0.3, -0.25) is 38.4 Å². The molecule has 4 fully saturated rings. The number of hydroxylamine groups is 4. The summed E-state index contributed by atoms with van der Waals surface area (Å²) in [7, 11) is -8.14. The summed E-state index contributed by atoms with van der Waals surface area (Å²) >= 11 is 1.79. The van der Waals surface area contributed by atoms with Crippen LogP contribution in [0.4, 0.5) is 4.79 Å². The van der Waals surface area contributed by atoms with E-state index < -0.39 is 116 Å². The Labute approximate surface area is 420 Å². The zero-order chi connectivity index (χ0) is 45.9. The van der Waals surface area contributed by atoms with Crippen molar-refractivity contribution in [2.75, 3.05) is 36.9 Å². The Hall–Kier alpha value is -2.76. The van der Waals surface area contributed by atoms with Crippen molar-refractivity contribution in [1.82, 2.24) is 42.0 Å². The van der Waals surface area contributed by atoms with E-state index >= 15 is 0 Å². The Kier molecular flexibility index (Phi) is 23.3. The Morgan fingerprint density at radius 2 is 1.25 bits per heavy atom. The van der Waals surface area contributed by atoms with E-state index in [0.717, 1.165) is 18.6 Å². The molecule has 4 heterocycles. The van der Waals surface area contributed by atoms with Gasteiger partial charge in [0.15, 0.2) is 6.04 Å². The Balaban J connectivity index is 0.00000704. The molecule has 5 atom stereocenters. The smallest absolute Gasteiger partial charge is 0.747 e. The molecule has 0 aromatic heterocycles. The van der Waals surface area contributed by atoms with Crippen LogP contribution in [-0.4, -0.2) is 172 Å². The summed E-state index contributed by atoms with van der Waals surface area (Å²) in [6.45, 7) is -2.14. The zero-order valence-corrected chi connectivity index (χ0v) is 41.9. The molecule has 0 aromatic rings. The number of nitrogens with one attached hydrogen (secondary N) is 6. The molecule has 0 aliphatic carbocycles. The average Bonchev–Trinajstić information content (AvgIpc) is 3.91. The molecule has 5 unspecified atom stereocenters. The maximum absolute atomic E-state index is 13.0. The summed E-state index contributed by atoms with van der Waals surface area (Å²) in [6, 6.07) is -2.20. The molecule has 344 valence electrons. The zero-order valence-electron chi connectivity index (χ0n) is 33.8. The van der Waals surface area contributed by atoms with E-state index in [-0.39, 0.29) is 111 Å². The van der Waals surface area contributed by atoms with Crippen molar-refractivity contribution in [2.45, 2.75) is 78.8 Å². The van der Waals surface area contributed by atoms with E-state index in [2.05, 4.69) is 25.6 Å². The molecule has 4 rings (SSSR count). The Bertz CT molecular complexity index is 1990. The van der Waals surface area contributed by atoms with Gasteiger partial charge in [0.1, 0.15) is 43.8 Å². The monoisotopic (exact) mass is 1020 g/mol. The number of carbonyl (C=O) groups is 11. The maximum atomic E-state index is 13.0. The summed E-state index contributed by atoms with van der Waals surface area (Å²) < 4.78 is 67.3. The van der Waals surface area contributed by atoms with Gasteiger partial charge in [-0.25, -0.2) is 31.2 Å². The van der Waals surface area contributed by atoms with E-state index in [9.17, 15) is 78.7 Å². The first-order valence-electron chi connectivity index (χ1n) is 18.2. The molecule has 27 nitrogen and oxygen atoms in total. The van der Waals surface area contributed by atoms with Crippen LogP contribution in [0.15, 0.2) is 0 Å². The van der Waals surface area contributed by atoms with Gasteiger partial charge in [0, 0.05) is 41.9 Å². The number of fused-ring (bicyclic) bond motifs is 1. The van der Waals surface area contributed by atoms with Gasteiger partial charge in [-0.15, -0.1) is 10.1 Å². The minimum Gasteiger partial charge on any atom is -0.747 e. The molecule has 34 heteroatoms. The average molecular weight is 1020 g/mol. The van der Waals surface area contributed by atoms with Crippen molar-refractivity contribution in [2.24, 2.45) is 0 Å². The van der Waals surface area contributed by atoms with Crippen molar-refractivity contribution in [3.05, 3.63) is 0 Å². The molecule has 4 aliphatic heterocycles. The van der Waals surface area contributed by atoms with Gasteiger partial charge in [-0.05, 0) is 12.8 Å². The Morgan fingerprint density at radius 1 is 0.734 bits per heavy atom. The van der Waals surface area contributed by atoms with Gasteiger partial charge in [0.25, 0.3) is 35.4 Å². The minimum absolute atomic E-state index is 0. The number of urea groups is 1. The van der Waals surface area contributed by atoms with Gasteiger partial charge in [0.2, 0.25) is 11.8 Å². The summed E-state index contributed by atoms with van der Waals surface area (Å²) in [5, 5.41) is 9.28. The second-order valence-electron chi connectivity index (χ2n) is 13.4. The summed E-state index contributed by atoms with van der Waals surface area (Å²) in [5.41, 5.74) is 0. The van der Waals surface area contributed by atoms with Crippen molar-refractivity contribution in [3.63, 3.8) is 0 Å². The predicted octanol–water partition coefficient (Wildman–Crippen LogP) is -11.4. The third-order valence-electron chi connectivity index (χ3n) is 8.94. The quantitative estimate of drug-likeness (QED) is 0.0105. The first kappa shape index (κ1) is 57.4. The van der Waals surface area contributed by atoms with Crippen molar-refractivity contribution in [3.8, 4) is 0 Å². The fourth-order valence-corrected chi connectivity index (χ4v) is 10.7. The first-order valence-corrected chi connectivity index (χ1v) is 24.6. The number of imide groups is 2. The largest absolute Gasteiger partial charge is 1.00 e. The van der Waals surface area contributed by atoms with Crippen LogP contribution in [0.3, 0.4) is 0 Å². The third kappa shape index (κ3) is 16.8. The maximum Gasteiger partial charge on any atom is 1.00 e. The topological polar surface area (TPSA) is 399 Å². The molecule has 0 radical (unpaired) electrons. The third-order valence-corrected chi connectivity index (χ3v) is 15.0. The summed E-state index contributed by atoms with van der Waals surface area (Å²) in [5.74, 6) is -11.9. The molecule has 0 spiro atoms. The van der Waals surface area contributed by atoms with Crippen molar-refractivity contribution < 1.29 is 147 Å². The van der Waals surface area contributed by atoms with E-state index in [1.54, 1.807) is 11.8 Å². The fraction of sp³-hybridized carbons (Fsp3) is 0.633. The summed E-state index contributed by atoms with van der Waals surface area (Å²) in [6.07, 6.45) is 0.0851. The fourth-order valence-electron chi connectivity index (χ4n) is 5.93. The number of nitrogens with zero attached hydrogens (tertiary/aromatic N) is 2. The molecule has 10 amide bonds. The number of unbranched alkanes of at least 4 members (excludes halogenated alkanes) is 1. The molecule has 0 aromatic carbocycles. The van der Waals surface area contributed by atoms with Crippen LogP contribution >= 0.6 is 33.3 Å². The second kappa shape index (κ2) is 26.0. The van der Waals surface area contributed by atoms with Gasteiger partial charge in [0.05, 0.1) is 24.9 Å². The van der Waals surface area contributed by atoms with Gasteiger partial charge >= 0.3 is 77.1 Å². The number of thioether (sulfide) groups is 1. The molecule has 6 N–H and O–H groups in total. The predicted molar refractivity (Wildman–Crippen MR) is 207 cm³/mol. The normalized spacial score (nSPS) is 22.0. The minimum atomic E-state index is -5.31. The van der Waals surface area contributed by atoms with Crippen LogP contribution in [0.1, 0.15) is 44.9 Å². The molecule has 64 heavy (non-hydrogen) atoms. The van der Waals surface area contributed by atoms with E-state index in [0.29, 0.717) is 25.1 Å². The number of hydrogen-bond acceptors (Lipinski definition) is 22. The van der Waals surface area contributed by atoms with Crippen molar-refractivity contribution >= 4 is 119 Å². The van der Waals surface area contributed by atoms with Crippen LogP contribution in [0.25, 0.3) is 0 Å². The molecule has 0 saturated carbocycles. The van der Waals surface area contributed by atoms with E-state index in [1.165, 1.54) is 21.6 Å². The molecule has 0 bridgehead atoms. The molecular weight excluding hydrogens is 983 g/mol. The second-order valence-corrected chi connectivity index (χ2v) is 20.5. The van der Waals surface area contributed by atoms with E-state index in [4.69, 9.17) is 0 Å². The Morgan fingerprint density at radius 3 is 1.75 bits per heavy atom. The number of hydrogen-bond donors (Lipinski definition) is 6. The molecule has 4 aliphatic rings. The van der Waals surface area contributed by atoms with Crippen LogP contribution in [-0.2, 0) is 77.9 Å². The van der Waals surface area contributed by atoms with Crippen molar-refractivity contribution in [1.29, 1.82) is 0 Å². The van der Waals surface area contributed by atoms with Crippen LogP contribution in [0, 0.1) is 0 Å². The van der Waals surface area contributed by atoms with Gasteiger partial charge < -0.3 is 50.7 Å². The standard InChI is InChI=1S/C30H40N8O19S5.2Na/c39-18(4-2-1-3-15-24-14(13-58-15)34-30(49)36-24)31-6-8-60-59-7-5-19(40)35-25(26(45)32-11-22(43)56-37-20(41)9-16(28(37)47)61(50,51)52)27(46)33-12-23(44)57-38-21(42)10-17(29(38)48)62(53,54)55;;/h14-17,24-25H,1-13H2,(H,31,39)(H,32,45)(H,33,46)(H,35,40)(H2,34,36,49)(H,50,51,52)(H,53,54,55);;/q;2*+1/p-2. The molecular formula is C30H38N8Na2O19S5.